The van der Waals surface area contributed by atoms with E-state index in [2.05, 4.69) is 39.8 Å². The van der Waals surface area contributed by atoms with Gasteiger partial charge in [0.05, 0.1) is 6.54 Å². The minimum atomic E-state index is -0.0335. The van der Waals surface area contributed by atoms with Crippen molar-refractivity contribution in [3.63, 3.8) is 0 Å². The summed E-state index contributed by atoms with van der Waals surface area (Å²) in [4.78, 5) is 14.6. The fourth-order valence-electron chi connectivity index (χ4n) is 3.19. The van der Waals surface area contributed by atoms with Crippen molar-refractivity contribution in [2.45, 2.75) is 33.1 Å². The SMILES string of the molecule is Cc1ccc(C)c(NC(=O)CNc2ccc(N3CCCCC3)cc2)c1. The Bertz CT molecular complexity index is 718. The minimum Gasteiger partial charge on any atom is -0.376 e. The molecular formula is C21H27N3O. The number of anilines is 3. The van der Waals surface area contributed by atoms with E-state index in [0.717, 1.165) is 35.6 Å². The average Bonchev–Trinajstić information content (AvgIpc) is 2.64. The van der Waals surface area contributed by atoms with Gasteiger partial charge < -0.3 is 15.5 Å². The van der Waals surface area contributed by atoms with E-state index in [0.29, 0.717) is 0 Å². The summed E-state index contributed by atoms with van der Waals surface area (Å²) in [5, 5.41) is 6.17. The number of aryl methyl sites for hydroxylation is 2. The molecule has 1 aliphatic rings. The van der Waals surface area contributed by atoms with Gasteiger partial charge >= 0.3 is 0 Å². The van der Waals surface area contributed by atoms with Crippen molar-refractivity contribution in [2.24, 2.45) is 0 Å². The maximum Gasteiger partial charge on any atom is 0.243 e. The van der Waals surface area contributed by atoms with Crippen LogP contribution >= 0.6 is 0 Å². The van der Waals surface area contributed by atoms with Gasteiger partial charge in [-0.1, -0.05) is 12.1 Å². The number of amides is 1. The van der Waals surface area contributed by atoms with Crippen LogP contribution < -0.4 is 15.5 Å². The van der Waals surface area contributed by atoms with Gasteiger partial charge in [-0.3, -0.25) is 4.79 Å². The highest BCUT2D eigenvalue weighted by molar-refractivity contribution is 5.94. The van der Waals surface area contributed by atoms with Crippen LogP contribution in [-0.2, 0) is 4.79 Å². The molecule has 132 valence electrons. The topological polar surface area (TPSA) is 44.4 Å². The van der Waals surface area contributed by atoms with E-state index in [1.54, 1.807) is 0 Å². The van der Waals surface area contributed by atoms with Crippen molar-refractivity contribution in [3.05, 3.63) is 53.6 Å². The molecule has 2 aromatic carbocycles. The van der Waals surface area contributed by atoms with Crippen molar-refractivity contribution in [1.29, 1.82) is 0 Å². The zero-order valence-electron chi connectivity index (χ0n) is 15.1. The van der Waals surface area contributed by atoms with Crippen LogP contribution in [0.15, 0.2) is 42.5 Å². The van der Waals surface area contributed by atoms with Gasteiger partial charge in [0.25, 0.3) is 0 Å². The maximum absolute atomic E-state index is 12.2. The molecule has 4 heteroatoms. The van der Waals surface area contributed by atoms with E-state index in [-0.39, 0.29) is 12.5 Å². The molecule has 1 saturated heterocycles. The molecular weight excluding hydrogens is 310 g/mol. The zero-order chi connectivity index (χ0) is 17.6. The third-order valence-corrected chi connectivity index (χ3v) is 4.71. The second-order valence-corrected chi connectivity index (χ2v) is 6.81. The molecule has 2 N–H and O–H groups in total. The van der Waals surface area contributed by atoms with Crippen LogP contribution in [0.25, 0.3) is 0 Å². The second kappa shape index (κ2) is 8.06. The first-order chi connectivity index (χ1) is 12.1. The largest absolute Gasteiger partial charge is 0.376 e. The first-order valence-electron chi connectivity index (χ1n) is 9.08. The van der Waals surface area contributed by atoms with Crippen LogP contribution in [0.1, 0.15) is 30.4 Å². The second-order valence-electron chi connectivity index (χ2n) is 6.81. The minimum absolute atomic E-state index is 0.0335. The molecule has 0 aliphatic carbocycles. The summed E-state index contributed by atoms with van der Waals surface area (Å²) in [7, 11) is 0. The first kappa shape index (κ1) is 17.3. The number of rotatable bonds is 5. The first-order valence-corrected chi connectivity index (χ1v) is 9.08. The van der Waals surface area contributed by atoms with E-state index in [4.69, 9.17) is 0 Å². The predicted octanol–water partition coefficient (Wildman–Crippen LogP) is 4.34. The average molecular weight is 337 g/mol. The molecule has 4 nitrogen and oxygen atoms in total. The molecule has 0 spiro atoms. The molecule has 0 atom stereocenters. The highest BCUT2D eigenvalue weighted by Crippen LogP contribution is 2.22. The Labute approximate surface area is 150 Å². The lowest BCUT2D eigenvalue weighted by molar-refractivity contribution is -0.114. The summed E-state index contributed by atoms with van der Waals surface area (Å²) in [5.41, 5.74) is 5.33. The highest BCUT2D eigenvalue weighted by atomic mass is 16.1. The number of carbonyl (C=O) groups excluding carboxylic acids is 1. The molecule has 1 aliphatic heterocycles. The van der Waals surface area contributed by atoms with Crippen molar-refractivity contribution >= 4 is 23.0 Å². The standard InChI is InChI=1S/C21H27N3O/c1-16-6-7-17(2)20(14-16)23-21(25)15-22-18-8-10-19(11-9-18)24-12-4-3-5-13-24/h6-11,14,22H,3-5,12-13,15H2,1-2H3,(H,23,25). The summed E-state index contributed by atoms with van der Waals surface area (Å²) in [6.45, 7) is 6.57. The van der Waals surface area contributed by atoms with Gasteiger partial charge in [0, 0.05) is 30.2 Å². The van der Waals surface area contributed by atoms with Gasteiger partial charge in [-0.2, -0.15) is 0 Å². The molecule has 0 bridgehead atoms. The van der Waals surface area contributed by atoms with Gasteiger partial charge in [-0.15, -0.1) is 0 Å². The number of hydrogen-bond acceptors (Lipinski definition) is 3. The van der Waals surface area contributed by atoms with Gasteiger partial charge in [-0.25, -0.2) is 0 Å². The van der Waals surface area contributed by atoms with Crippen molar-refractivity contribution in [3.8, 4) is 0 Å². The lowest BCUT2D eigenvalue weighted by Gasteiger charge is -2.28. The fourth-order valence-corrected chi connectivity index (χ4v) is 3.19. The van der Waals surface area contributed by atoms with Crippen molar-refractivity contribution in [1.82, 2.24) is 0 Å². The van der Waals surface area contributed by atoms with Gasteiger partial charge in [0.2, 0.25) is 5.91 Å². The van der Waals surface area contributed by atoms with Crippen LogP contribution in [0.5, 0.6) is 0 Å². The van der Waals surface area contributed by atoms with Gasteiger partial charge in [0.15, 0.2) is 0 Å². The summed E-state index contributed by atoms with van der Waals surface area (Å²) in [6.07, 6.45) is 3.89. The van der Waals surface area contributed by atoms with Crippen LogP contribution in [0.4, 0.5) is 17.1 Å². The van der Waals surface area contributed by atoms with Crippen LogP contribution in [0, 0.1) is 13.8 Å². The van der Waals surface area contributed by atoms with E-state index >= 15 is 0 Å². The van der Waals surface area contributed by atoms with Crippen LogP contribution in [0.2, 0.25) is 0 Å². The lowest BCUT2D eigenvalue weighted by Crippen LogP contribution is -2.29. The smallest absolute Gasteiger partial charge is 0.243 e. The predicted molar refractivity (Wildman–Crippen MR) is 106 cm³/mol. The Morgan fingerprint density at radius 1 is 1.00 bits per heavy atom. The van der Waals surface area contributed by atoms with Gasteiger partial charge in [-0.05, 0) is 74.6 Å². The van der Waals surface area contributed by atoms with E-state index in [9.17, 15) is 4.79 Å². The monoisotopic (exact) mass is 337 g/mol. The Morgan fingerprint density at radius 2 is 1.72 bits per heavy atom. The molecule has 0 aromatic heterocycles. The summed E-state index contributed by atoms with van der Waals surface area (Å²) in [5.74, 6) is -0.0335. The van der Waals surface area contributed by atoms with Crippen molar-refractivity contribution < 1.29 is 4.79 Å². The number of benzene rings is 2. The number of nitrogens with one attached hydrogen (secondary N) is 2. The molecule has 0 unspecified atom stereocenters. The third kappa shape index (κ3) is 4.75. The number of hydrogen-bond donors (Lipinski definition) is 2. The Hall–Kier alpha value is -2.49. The van der Waals surface area contributed by atoms with E-state index < -0.39 is 0 Å². The molecule has 0 radical (unpaired) electrons. The Balaban J connectivity index is 1.52. The molecule has 0 saturated carbocycles. The molecule has 1 heterocycles. The van der Waals surface area contributed by atoms with E-state index in [1.165, 1.54) is 24.9 Å². The van der Waals surface area contributed by atoms with Crippen molar-refractivity contribution in [2.75, 3.05) is 35.2 Å². The molecule has 2 aromatic rings. The zero-order valence-corrected chi connectivity index (χ0v) is 15.1. The van der Waals surface area contributed by atoms with Gasteiger partial charge in [0.1, 0.15) is 0 Å². The molecule has 3 rings (SSSR count). The number of nitrogens with zero attached hydrogens (tertiary/aromatic N) is 1. The normalized spacial score (nSPS) is 14.2. The molecule has 1 fully saturated rings. The van der Waals surface area contributed by atoms with Crippen LogP contribution in [0.3, 0.4) is 0 Å². The maximum atomic E-state index is 12.2. The fraction of sp³-hybridized carbons (Fsp3) is 0.381. The number of carbonyl (C=O) groups is 1. The third-order valence-electron chi connectivity index (χ3n) is 4.71. The quantitative estimate of drug-likeness (QED) is 0.853. The Morgan fingerprint density at radius 3 is 2.44 bits per heavy atom. The van der Waals surface area contributed by atoms with Crippen LogP contribution in [-0.4, -0.2) is 25.5 Å². The number of piperidine rings is 1. The molecule has 1 amide bonds. The van der Waals surface area contributed by atoms with E-state index in [1.807, 2.05) is 32.0 Å². The highest BCUT2D eigenvalue weighted by Gasteiger charge is 2.10. The Kier molecular flexibility index (Phi) is 5.59. The summed E-state index contributed by atoms with van der Waals surface area (Å²) in [6, 6.07) is 14.4. The lowest BCUT2D eigenvalue weighted by atomic mass is 10.1. The summed E-state index contributed by atoms with van der Waals surface area (Å²) < 4.78 is 0. The summed E-state index contributed by atoms with van der Waals surface area (Å²) >= 11 is 0. The molecule has 25 heavy (non-hydrogen) atoms.